The Kier molecular flexibility index (Phi) is 2.61. The molecule has 6 rings (SSSR count). The molecule has 1 N–H and O–H groups in total. The number of benzene rings is 3. The Morgan fingerprint density at radius 1 is 0.654 bits per heavy atom. The van der Waals surface area contributed by atoms with Crippen molar-refractivity contribution in [1.29, 1.82) is 0 Å². The standard InChI is InChI=1S/C23H15N3/c1-3-9-21-16(6-1)17-7-2-4-10-22(17)26(21)15-11-12-20-19(14-15)18-8-5-13-24-23(18)25-20/h1-14H,(H,24,25). The van der Waals surface area contributed by atoms with Crippen molar-refractivity contribution in [2.45, 2.75) is 0 Å². The van der Waals surface area contributed by atoms with Crippen LogP contribution in [0.3, 0.4) is 0 Å². The van der Waals surface area contributed by atoms with E-state index in [0.29, 0.717) is 0 Å². The van der Waals surface area contributed by atoms with Crippen LogP contribution in [0.2, 0.25) is 0 Å². The average Bonchev–Trinajstić information content (AvgIpc) is 3.23. The zero-order chi connectivity index (χ0) is 17.1. The van der Waals surface area contributed by atoms with E-state index >= 15 is 0 Å². The van der Waals surface area contributed by atoms with Crippen molar-refractivity contribution in [3.8, 4) is 5.69 Å². The highest BCUT2D eigenvalue weighted by molar-refractivity contribution is 6.10. The summed E-state index contributed by atoms with van der Waals surface area (Å²) in [4.78, 5) is 7.85. The first kappa shape index (κ1) is 13.7. The van der Waals surface area contributed by atoms with Crippen molar-refractivity contribution in [3.63, 3.8) is 0 Å². The first-order valence-corrected chi connectivity index (χ1v) is 8.75. The Bertz CT molecular complexity index is 1380. The van der Waals surface area contributed by atoms with Crippen LogP contribution in [0.15, 0.2) is 85.1 Å². The Balaban J connectivity index is 1.76. The molecule has 3 heteroatoms. The number of rotatable bonds is 1. The lowest BCUT2D eigenvalue weighted by Crippen LogP contribution is -1.93. The van der Waals surface area contributed by atoms with Crippen LogP contribution in [0.5, 0.6) is 0 Å². The van der Waals surface area contributed by atoms with Crippen LogP contribution in [-0.2, 0) is 0 Å². The summed E-state index contributed by atoms with van der Waals surface area (Å²) in [7, 11) is 0. The molecular weight excluding hydrogens is 318 g/mol. The molecule has 0 radical (unpaired) electrons. The maximum Gasteiger partial charge on any atom is 0.138 e. The number of aromatic nitrogens is 3. The molecule has 3 aromatic carbocycles. The minimum absolute atomic E-state index is 0.932. The van der Waals surface area contributed by atoms with Crippen LogP contribution >= 0.6 is 0 Å². The van der Waals surface area contributed by atoms with Gasteiger partial charge in [0.2, 0.25) is 0 Å². The number of hydrogen-bond acceptors (Lipinski definition) is 1. The van der Waals surface area contributed by atoms with Crippen LogP contribution in [0.4, 0.5) is 0 Å². The molecule has 6 aromatic rings. The van der Waals surface area contributed by atoms with Gasteiger partial charge in [-0.15, -0.1) is 0 Å². The summed E-state index contributed by atoms with van der Waals surface area (Å²) < 4.78 is 2.35. The van der Waals surface area contributed by atoms with E-state index in [2.05, 4.69) is 87.3 Å². The van der Waals surface area contributed by atoms with Crippen LogP contribution in [0.25, 0.3) is 49.4 Å². The van der Waals surface area contributed by atoms with Gasteiger partial charge in [-0.1, -0.05) is 36.4 Å². The Morgan fingerprint density at radius 3 is 2.12 bits per heavy atom. The third-order valence-corrected chi connectivity index (χ3v) is 5.19. The summed E-state index contributed by atoms with van der Waals surface area (Å²) in [5.41, 5.74) is 5.67. The summed E-state index contributed by atoms with van der Waals surface area (Å²) in [6.07, 6.45) is 1.82. The lowest BCUT2D eigenvalue weighted by molar-refractivity contribution is 1.19. The topological polar surface area (TPSA) is 33.6 Å². The van der Waals surface area contributed by atoms with E-state index in [-0.39, 0.29) is 0 Å². The molecule has 0 atom stereocenters. The van der Waals surface area contributed by atoms with Crippen LogP contribution < -0.4 is 0 Å². The lowest BCUT2D eigenvalue weighted by Gasteiger charge is -2.08. The maximum absolute atomic E-state index is 4.45. The quantitative estimate of drug-likeness (QED) is 0.404. The highest BCUT2D eigenvalue weighted by atomic mass is 15.0. The first-order valence-electron chi connectivity index (χ1n) is 8.75. The van der Waals surface area contributed by atoms with Gasteiger partial charge >= 0.3 is 0 Å². The van der Waals surface area contributed by atoms with Crippen molar-refractivity contribution in [2.75, 3.05) is 0 Å². The zero-order valence-electron chi connectivity index (χ0n) is 14.0. The molecule has 0 aliphatic rings. The normalized spacial score (nSPS) is 11.8. The molecule has 0 aliphatic carbocycles. The minimum Gasteiger partial charge on any atom is -0.339 e. The molecule has 0 spiro atoms. The average molecular weight is 333 g/mol. The number of hydrogen-bond donors (Lipinski definition) is 1. The molecule has 0 fully saturated rings. The van der Waals surface area contributed by atoms with Gasteiger partial charge in [0.15, 0.2) is 0 Å². The first-order chi connectivity index (χ1) is 12.9. The van der Waals surface area contributed by atoms with Crippen molar-refractivity contribution >= 4 is 43.7 Å². The Morgan fingerprint density at radius 2 is 1.35 bits per heavy atom. The molecule has 3 heterocycles. The molecule has 3 nitrogen and oxygen atoms in total. The SMILES string of the molecule is c1cnc2[nH]c3ccc(-n4c5ccccc5c5ccccc54)cc3c2c1. The van der Waals surface area contributed by atoms with Crippen molar-refractivity contribution in [1.82, 2.24) is 14.5 Å². The molecule has 0 unspecified atom stereocenters. The van der Waals surface area contributed by atoms with E-state index in [0.717, 1.165) is 16.6 Å². The number of aromatic amines is 1. The largest absolute Gasteiger partial charge is 0.339 e. The highest BCUT2D eigenvalue weighted by Crippen LogP contribution is 2.33. The van der Waals surface area contributed by atoms with Gasteiger partial charge in [-0.25, -0.2) is 4.98 Å². The third kappa shape index (κ3) is 1.74. The number of para-hydroxylation sites is 2. The van der Waals surface area contributed by atoms with Crippen molar-refractivity contribution in [2.24, 2.45) is 0 Å². The third-order valence-electron chi connectivity index (χ3n) is 5.19. The summed E-state index contributed by atoms with van der Waals surface area (Å²) >= 11 is 0. The van der Waals surface area contributed by atoms with Crippen LogP contribution in [0, 0.1) is 0 Å². The number of nitrogens with zero attached hydrogens (tertiary/aromatic N) is 2. The fourth-order valence-corrected chi connectivity index (χ4v) is 4.05. The molecule has 3 aromatic heterocycles. The Hall–Kier alpha value is -3.59. The monoisotopic (exact) mass is 333 g/mol. The van der Waals surface area contributed by atoms with Gasteiger partial charge in [-0.3, -0.25) is 0 Å². The van der Waals surface area contributed by atoms with Crippen molar-refractivity contribution in [3.05, 3.63) is 85.1 Å². The summed E-state index contributed by atoms with van der Waals surface area (Å²) in [6, 6.07) is 27.9. The lowest BCUT2D eigenvalue weighted by atomic mass is 10.1. The second-order valence-corrected chi connectivity index (χ2v) is 6.62. The minimum atomic E-state index is 0.932. The van der Waals surface area contributed by atoms with E-state index < -0.39 is 0 Å². The molecule has 26 heavy (non-hydrogen) atoms. The summed E-state index contributed by atoms with van der Waals surface area (Å²) in [6.45, 7) is 0. The summed E-state index contributed by atoms with van der Waals surface area (Å²) in [5.74, 6) is 0. The number of H-pyrrole nitrogens is 1. The van der Waals surface area contributed by atoms with E-state index in [9.17, 15) is 0 Å². The molecule has 122 valence electrons. The predicted octanol–water partition coefficient (Wildman–Crippen LogP) is 5.81. The molecule has 0 aliphatic heterocycles. The van der Waals surface area contributed by atoms with E-state index in [1.165, 1.54) is 32.9 Å². The molecule has 0 saturated heterocycles. The maximum atomic E-state index is 4.45. The molecule has 0 amide bonds. The second-order valence-electron chi connectivity index (χ2n) is 6.62. The fourth-order valence-electron chi connectivity index (χ4n) is 4.05. The van der Waals surface area contributed by atoms with Gasteiger partial charge in [0, 0.05) is 38.9 Å². The highest BCUT2D eigenvalue weighted by Gasteiger charge is 2.12. The second kappa shape index (κ2) is 4.96. The van der Waals surface area contributed by atoms with Gasteiger partial charge in [0.05, 0.1) is 11.0 Å². The van der Waals surface area contributed by atoms with E-state index in [1.54, 1.807) is 0 Å². The molecular formula is C23H15N3. The van der Waals surface area contributed by atoms with Gasteiger partial charge in [0.1, 0.15) is 5.65 Å². The molecule has 0 bridgehead atoms. The summed E-state index contributed by atoms with van der Waals surface area (Å²) in [5, 5.41) is 4.92. The van der Waals surface area contributed by atoms with Crippen LogP contribution in [0.1, 0.15) is 0 Å². The van der Waals surface area contributed by atoms with Gasteiger partial charge in [-0.2, -0.15) is 0 Å². The van der Waals surface area contributed by atoms with E-state index in [1.807, 2.05) is 12.3 Å². The number of pyridine rings is 1. The Labute approximate surface area is 149 Å². The number of nitrogens with one attached hydrogen (secondary N) is 1. The smallest absolute Gasteiger partial charge is 0.138 e. The fraction of sp³-hybridized carbons (Fsp3) is 0. The van der Waals surface area contributed by atoms with Gasteiger partial charge < -0.3 is 9.55 Å². The van der Waals surface area contributed by atoms with Crippen molar-refractivity contribution < 1.29 is 0 Å². The number of fused-ring (bicyclic) bond motifs is 6. The van der Waals surface area contributed by atoms with Gasteiger partial charge in [-0.05, 0) is 42.5 Å². The van der Waals surface area contributed by atoms with Crippen LogP contribution in [-0.4, -0.2) is 14.5 Å². The van der Waals surface area contributed by atoms with E-state index in [4.69, 9.17) is 0 Å². The van der Waals surface area contributed by atoms with Gasteiger partial charge in [0.25, 0.3) is 0 Å². The zero-order valence-corrected chi connectivity index (χ0v) is 14.0. The predicted molar refractivity (Wildman–Crippen MR) is 108 cm³/mol. The molecule has 0 saturated carbocycles.